The fourth-order valence-corrected chi connectivity index (χ4v) is 2.40. The van der Waals surface area contributed by atoms with Crippen molar-refractivity contribution in [2.75, 3.05) is 26.0 Å². The van der Waals surface area contributed by atoms with E-state index in [2.05, 4.69) is 23.5 Å². The third kappa shape index (κ3) is 3.56. The van der Waals surface area contributed by atoms with Crippen molar-refractivity contribution < 1.29 is 8.95 Å². The highest BCUT2D eigenvalue weighted by Gasteiger charge is 2.11. The van der Waals surface area contributed by atoms with Crippen molar-refractivity contribution in [3.63, 3.8) is 0 Å². The summed E-state index contributed by atoms with van der Waals surface area (Å²) in [5.74, 6) is 1.04. The number of ether oxygens (including phenoxy) is 1. The molecule has 18 heavy (non-hydrogen) atoms. The molecule has 0 radical (unpaired) electrons. The zero-order chi connectivity index (χ0) is 13.0. The normalized spacial score (nSPS) is 17.0. The number of hydrogen-bond donors (Lipinski definition) is 1. The molecule has 1 aromatic rings. The lowest BCUT2D eigenvalue weighted by Gasteiger charge is -2.10. The van der Waals surface area contributed by atoms with E-state index in [4.69, 9.17) is 4.74 Å². The summed E-state index contributed by atoms with van der Waals surface area (Å²) in [6, 6.07) is 6.44. The molecule has 0 amide bonds. The largest absolute Gasteiger partial charge is 0.493 e. The summed E-state index contributed by atoms with van der Waals surface area (Å²) in [6.45, 7) is 4.57. The number of fused-ring (bicyclic) bond motifs is 1. The molecule has 0 bridgehead atoms. The summed E-state index contributed by atoms with van der Waals surface area (Å²) in [7, 11) is -0.737. The van der Waals surface area contributed by atoms with Gasteiger partial charge in [0.15, 0.2) is 0 Å². The van der Waals surface area contributed by atoms with Crippen LogP contribution in [0.3, 0.4) is 0 Å². The summed E-state index contributed by atoms with van der Waals surface area (Å²) in [4.78, 5) is 0. The van der Waals surface area contributed by atoms with Crippen LogP contribution in [0.5, 0.6) is 5.75 Å². The fourth-order valence-electron chi connectivity index (χ4n) is 2.05. The molecule has 0 spiro atoms. The molecule has 1 N–H and O–H groups in total. The van der Waals surface area contributed by atoms with Gasteiger partial charge in [0.2, 0.25) is 0 Å². The Morgan fingerprint density at radius 2 is 2.33 bits per heavy atom. The molecule has 0 saturated heterocycles. The van der Waals surface area contributed by atoms with Crippen LogP contribution < -0.4 is 10.1 Å². The van der Waals surface area contributed by atoms with Crippen LogP contribution in [0.25, 0.3) is 0 Å². The van der Waals surface area contributed by atoms with Gasteiger partial charge in [0, 0.05) is 35.3 Å². The van der Waals surface area contributed by atoms with Gasteiger partial charge in [-0.05, 0) is 37.1 Å². The smallest absolute Gasteiger partial charge is 0.122 e. The Morgan fingerprint density at radius 1 is 1.50 bits per heavy atom. The van der Waals surface area contributed by atoms with Gasteiger partial charge in [0.25, 0.3) is 0 Å². The molecule has 1 aliphatic heterocycles. The highest BCUT2D eigenvalue weighted by molar-refractivity contribution is 7.84. The molecule has 1 heterocycles. The quantitative estimate of drug-likeness (QED) is 0.794. The van der Waals surface area contributed by atoms with Crippen LogP contribution in [0, 0.1) is 0 Å². The van der Waals surface area contributed by atoms with Crippen molar-refractivity contribution in [1.29, 1.82) is 0 Å². The molecule has 0 saturated carbocycles. The number of hydrogen-bond acceptors (Lipinski definition) is 3. The predicted molar refractivity (Wildman–Crippen MR) is 75.7 cm³/mol. The lowest BCUT2D eigenvalue weighted by molar-refractivity contribution is 0.357. The van der Waals surface area contributed by atoms with Gasteiger partial charge in [-0.15, -0.1) is 0 Å². The molecule has 2 rings (SSSR count). The van der Waals surface area contributed by atoms with Crippen molar-refractivity contribution in [2.24, 2.45) is 0 Å². The first-order valence-corrected chi connectivity index (χ1v) is 8.06. The molecule has 3 nitrogen and oxygen atoms in total. The third-order valence-corrected chi connectivity index (χ3v) is 4.64. The number of benzene rings is 1. The van der Waals surface area contributed by atoms with Crippen LogP contribution >= 0.6 is 0 Å². The number of rotatable bonds is 6. The molecule has 1 aromatic carbocycles. The summed E-state index contributed by atoms with van der Waals surface area (Å²) < 4.78 is 16.7. The summed E-state index contributed by atoms with van der Waals surface area (Å²) >= 11 is 0. The Labute approximate surface area is 111 Å². The van der Waals surface area contributed by atoms with Crippen molar-refractivity contribution in [3.05, 3.63) is 29.3 Å². The molecule has 100 valence electrons. The van der Waals surface area contributed by atoms with E-state index < -0.39 is 10.8 Å². The third-order valence-electron chi connectivity index (χ3n) is 3.34. The first-order chi connectivity index (χ1) is 8.66. The summed E-state index contributed by atoms with van der Waals surface area (Å²) in [5.41, 5.74) is 2.67. The van der Waals surface area contributed by atoms with Crippen molar-refractivity contribution >= 4 is 10.8 Å². The molecule has 2 unspecified atom stereocenters. The Morgan fingerprint density at radius 3 is 3.11 bits per heavy atom. The molecule has 2 atom stereocenters. The van der Waals surface area contributed by atoms with Crippen LogP contribution in [-0.2, 0) is 23.6 Å². The maximum absolute atomic E-state index is 11.2. The van der Waals surface area contributed by atoms with Crippen LogP contribution in [0.1, 0.15) is 18.1 Å². The van der Waals surface area contributed by atoms with Gasteiger partial charge >= 0.3 is 0 Å². The van der Waals surface area contributed by atoms with Gasteiger partial charge in [-0.2, -0.15) is 0 Å². The second-order valence-electron chi connectivity index (χ2n) is 4.80. The molecule has 1 aliphatic rings. The minimum absolute atomic E-state index is 0.221. The van der Waals surface area contributed by atoms with Crippen LogP contribution in [0.4, 0.5) is 0 Å². The second-order valence-corrected chi connectivity index (χ2v) is 6.61. The topological polar surface area (TPSA) is 38.3 Å². The molecule has 4 heteroatoms. The fraction of sp³-hybridized carbons (Fsp3) is 0.571. The standard InChI is InChI=1S/C14H21NO2S/c1-11(18(2)16)10-15-7-5-12-3-4-14-13(9-12)6-8-17-14/h3-4,9,11,15H,5-8,10H2,1-2H3. The van der Waals surface area contributed by atoms with E-state index in [1.165, 1.54) is 11.1 Å². The molecular formula is C14H21NO2S. The average Bonchev–Trinajstić information content (AvgIpc) is 2.81. The lowest BCUT2D eigenvalue weighted by Crippen LogP contribution is -2.29. The minimum Gasteiger partial charge on any atom is -0.493 e. The molecule has 0 aromatic heterocycles. The Bertz CT molecular complexity index is 434. The number of nitrogens with one attached hydrogen (secondary N) is 1. The maximum atomic E-state index is 11.2. The molecule has 0 fully saturated rings. The van der Waals surface area contributed by atoms with Crippen molar-refractivity contribution in [1.82, 2.24) is 5.32 Å². The summed E-state index contributed by atoms with van der Waals surface area (Å²) in [5, 5.41) is 3.58. The van der Waals surface area contributed by atoms with Gasteiger partial charge in [-0.1, -0.05) is 12.1 Å². The van der Waals surface area contributed by atoms with E-state index in [1.54, 1.807) is 6.26 Å². The zero-order valence-corrected chi connectivity index (χ0v) is 11.9. The van der Waals surface area contributed by atoms with Gasteiger partial charge in [-0.3, -0.25) is 4.21 Å². The Hall–Kier alpha value is -0.870. The van der Waals surface area contributed by atoms with Crippen LogP contribution in [-0.4, -0.2) is 35.4 Å². The first-order valence-electron chi connectivity index (χ1n) is 6.44. The van der Waals surface area contributed by atoms with Crippen LogP contribution in [0.15, 0.2) is 18.2 Å². The van der Waals surface area contributed by atoms with Crippen molar-refractivity contribution in [2.45, 2.75) is 25.0 Å². The van der Waals surface area contributed by atoms with E-state index in [0.717, 1.165) is 38.3 Å². The predicted octanol–water partition coefficient (Wildman–Crippen LogP) is 1.52. The van der Waals surface area contributed by atoms with Crippen molar-refractivity contribution in [3.8, 4) is 5.75 Å². The van der Waals surface area contributed by atoms with E-state index >= 15 is 0 Å². The molecule has 0 aliphatic carbocycles. The zero-order valence-electron chi connectivity index (χ0n) is 11.1. The second kappa shape index (κ2) is 6.34. The highest BCUT2D eigenvalue weighted by Crippen LogP contribution is 2.25. The average molecular weight is 267 g/mol. The van der Waals surface area contributed by atoms with E-state index in [9.17, 15) is 4.21 Å². The van der Waals surface area contributed by atoms with Gasteiger partial charge in [-0.25, -0.2) is 0 Å². The van der Waals surface area contributed by atoms with E-state index in [0.29, 0.717) is 0 Å². The molecular weight excluding hydrogens is 246 g/mol. The van der Waals surface area contributed by atoms with E-state index in [1.807, 2.05) is 6.92 Å². The van der Waals surface area contributed by atoms with Crippen LogP contribution in [0.2, 0.25) is 0 Å². The van der Waals surface area contributed by atoms with Gasteiger partial charge < -0.3 is 10.1 Å². The summed E-state index contributed by atoms with van der Waals surface area (Å²) in [6.07, 6.45) is 3.80. The lowest BCUT2D eigenvalue weighted by atomic mass is 10.1. The monoisotopic (exact) mass is 267 g/mol. The maximum Gasteiger partial charge on any atom is 0.122 e. The highest BCUT2D eigenvalue weighted by atomic mass is 32.2. The van der Waals surface area contributed by atoms with Gasteiger partial charge in [0.1, 0.15) is 5.75 Å². The Balaban J connectivity index is 1.75. The SMILES string of the molecule is CC(CNCCc1ccc2c(c1)CCO2)S(C)=O. The first kappa shape index (κ1) is 13.6. The minimum atomic E-state index is -0.737. The Kier molecular flexibility index (Phi) is 4.78. The van der Waals surface area contributed by atoms with Gasteiger partial charge in [0.05, 0.1) is 6.61 Å². The van der Waals surface area contributed by atoms with E-state index in [-0.39, 0.29) is 5.25 Å².